The Morgan fingerprint density at radius 3 is 2.71 bits per heavy atom. The van der Waals surface area contributed by atoms with Gasteiger partial charge < -0.3 is 11.1 Å². The van der Waals surface area contributed by atoms with Gasteiger partial charge in [-0.25, -0.2) is 4.98 Å². The molecule has 0 unspecified atom stereocenters. The van der Waals surface area contributed by atoms with Gasteiger partial charge in [0.2, 0.25) is 11.8 Å². The molecule has 0 saturated heterocycles. The first-order valence-electron chi connectivity index (χ1n) is 6.25. The molecule has 110 valence electrons. The van der Waals surface area contributed by atoms with E-state index in [-0.39, 0.29) is 18.1 Å². The Bertz CT molecular complexity index is 638. The van der Waals surface area contributed by atoms with Crippen LogP contribution in [0.15, 0.2) is 34.0 Å². The Morgan fingerprint density at radius 1 is 1.33 bits per heavy atom. The Morgan fingerprint density at radius 2 is 2.05 bits per heavy atom. The average molecular weight is 321 g/mol. The summed E-state index contributed by atoms with van der Waals surface area (Å²) in [6.45, 7) is 1.99. The third kappa shape index (κ3) is 5.20. The fourth-order valence-electron chi connectivity index (χ4n) is 1.58. The summed E-state index contributed by atoms with van der Waals surface area (Å²) in [5, 5.41) is 4.60. The number of rotatable bonds is 6. The highest BCUT2D eigenvalue weighted by atomic mass is 32.2. The molecule has 0 radical (unpaired) electrons. The van der Waals surface area contributed by atoms with E-state index in [1.54, 1.807) is 5.38 Å². The van der Waals surface area contributed by atoms with Crippen LogP contribution in [0.3, 0.4) is 0 Å². The molecule has 2 amide bonds. The summed E-state index contributed by atoms with van der Waals surface area (Å²) in [6, 6.07) is 7.62. The number of nitrogens with zero attached hydrogens (tertiary/aromatic N) is 1. The molecule has 1 heterocycles. The standard InChI is InChI=1S/C14H15N3O2S2/c1-9-2-4-10(5-3-9)16-13(19)8-21-14-17-11(7-20-14)6-12(15)18/h2-5,7H,6,8H2,1H3,(H2,15,18)(H,16,19). The van der Waals surface area contributed by atoms with Gasteiger partial charge in [-0.3, -0.25) is 9.59 Å². The van der Waals surface area contributed by atoms with E-state index in [0.717, 1.165) is 15.6 Å². The number of carbonyl (C=O) groups excluding carboxylic acids is 2. The van der Waals surface area contributed by atoms with Gasteiger partial charge >= 0.3 is 0 Å². The van der Waals surface area contributed by atoms with Crippen LogP contribution in [0, 0.1) is 6.92 Å². The molecule has 0 fully saturated rings. The van der Waals surface area contributed by atoms with Crippen molar-refractivity contribution in [3.63, 3.8) is 0 Å². The third-order valence-electron chi connectivity index (χ3n) is 2.55. The first kappa shape index (κ1) is 15.5. The van der Waals surface area contributed by atoms with Gasteiger partial charge in [0, 0.05) is 11.1 Å². The Balaban J connectivity index is 1.82. The van der Waals surface area contributed by atoms with E-state index in [1.165, 1.54) is 23.1 Å². The molecule has 0 atom stereocenters. The van der Waals surface area contributed by atoms with Crippen molar-refractivity contribution >= 4 is 40.6 Å². The number of amides is 2. The average Bonchev–Trinajstić information content (AvgIpc) is 2.86. The van der Waals surface area contributed by atoms with E-state index >= 15 is 0 Å². The number of aryl methyl sites for hydroxylation is 1. The normalized spacial score (nSPS) is 10.3. The summed E-state index contributed by atoms with van der Waals surface area (Å²) in [5.41, 5.74) is 7.68. The number of primary amides is 1. The number of hydrogen-bond donors (Lipinski definition) is 2. The topological polar surface area (TPSA) is 85.1 Å². The van der Waals surface area contributed by atoms with Gasteiger partial charge in [-0.2, -0.15) is 0 Å². The van der Waals surface area contributed by atoms with Crippen LogP contribution >= 0.6 is 23.1 Å². The van der Waals surface area contributed by atoms with Crippen molar-refractivity contribution in [3.05, 3.63) is 40.9 Å². The Kier molecular flexibility index (Phi) is 5.35. The fourth-order valence-corrected chi connectivity index (χ4v) is 3.22. The van der Waals surface area contributed by atoms with Gasteiger partial charge in [-0.05, 0) is 19.1 Å². The smallest absolute Gasteiger partial charge is 0.234 e. The summed E-state index contributed by atoms with van der Waals surface area (Å²) in [7, 11) is 0. The molecule has 2 rings (SSSR count). The molecule has 5 nitrogen and oxygen atoms in total. The van der Waals surface area contributed by atoms with E-state index in [4.69, 9.17) is 5.73 Å². The van der Waals surface area contributed by atoms with Crippen LogP contribution in [0.25, 0.3) is 0 Å². The molecule has 7 heteroatoms. The summed E-state index contributed by atoms with van der Waals surface area (Å²) in [6.07, 6.45) is 0.132. The van der Waals surface area contributed by atoms with Crippen LogP contribution in [0.2, 0.25) is 0 Å². The zero-order chi connectivity index (χ0) is 15.2. The van der Waals surface area contributed by atoms with E-state index in [1.807, 2.05) is 31.2 Å². The van der Waals surface area contributed by atoms with Crippen molar-refractivity contribution < 1.29 is 9.59 Å². The number of hydrogen-bond acceptors (Lipinski definition) is 5. The maximum atomic E-state index is 11.8. The number of benzene rings is 1. The van der Waals surface area contributed by atoms with Crippen LogP contribution in [-0.2, 0) is 16.0 Å². The molecule has 3 N–H and O–H groups in total. The van der Waals surface area contributed by atoms with Crippen LogP contribution in [-0.4, -0.2) is 22.6 Å². The van der Waals surface area contributed by atoms with Crippen molar-refractivity contribution in [2.45, 2.75) is 17.7 Å². The number of nitrogens with two attached hydrogens (primary N) is 1. The molecule has 0 aliphatic heterocycles. The second-order valence-corrected chi connectivity index (χ2v) is 6.53. The van der Waals surface area contributed by atoms with E-state index in [9.17, 15) is 9.59 Å². The summed E-state index contributed by atoms with van der Waals surface area (Å²) in [5.74, 6) is -0.221. The predicted molar refractivity (Wildman–Crippen MR) is 85.5 cm³/mol. The van der Waals surface area contributed by atoms with Gasteiger partial charge in [-0.15, -0.1) is 11.3 Å². The number of anilines is 1. The molecule has 0 aliphatic carbocycles. The number of thiazole rings is 1. The van der Waals surface area contributed by atoms with Crippen molar-refractivity contribution in [2.24, 2.45) is 5.73 Å². The van der Waals surface area contributed by atoms with Gasteiger partial charge in [-0.1, -0.05) is 29.5 Å². The second-order valence-electron chi connectivity index (χ2n) is 4.45. The van der Waals surface area contributed by atoms with Crippen molar-refractivity contribution in [3.8, 4) is 0 Å². The molecule has 0 saturated carbocycles. The molecule has 1 aromatic heterocycles. The fraction of sp³-hybridized carbons (Fsp3) is 0.214. The minimum atomic E-state index is -0.408. The van der Waals surface area contributed by atoms with Crippen molar-refractivity contribution in [2.75, 3.05) is 11.1 Å². The van der Waals surface area contributed by atoms with Gasteiger partial charge in [0.15, 0.2) is 4.34 Å². The number of nitrogens with one attached hydrogen (secondary N) is 1. The minimum Gasteiger partial charge on any atom is -0.369 e. The van der Waals surface area contributed by atoms with Crippen LogP contribution < -0.4 is 11.1 Å². The lowest BCUT2D eigenvalue weighted by atomic mass is 10.2. The first-order chi connectivity index (χ1) is 10.0. The molecule has 2 aromatic rings. The highest BCUT2D eigenvalue weighted by Crippen LogP contribution is 2.23. The van der Waals surface area contributed by atoms with Crippen LogP contribution in [0.4, 0.5) is 5.69 Å². The van der Waals surface area contributed by atoms with Crippen molar-refractivity contribution in [1.82, 2.24) is 4.98 Å². The van der Waals surface area contributed by atoms with E-state index in [2.05, 4.69) is 10.3 Å². The SMILES string of the molecule is Cc1ccc(NC(=O)CSc2nc(CC(N)=O)cs2)cc1. The molecule has 0 aliphatic rings. The van der Waals surface area contributed by atoms with Crippen LogP contribution in [0.1, 0.15) is 11.3 Å². The highest BCUT2D eigenvalue weighted by molar-refractivity contribution is 8.01. The summed E-state index contributed by atoms with van der Waals surface area (Å²) >= 11 is 2.75. The zero-order valence-corrected chi connectivity index (χ0v) is 13.1. The molecule has 0 bridgehead atoms. The zero-order valence-electron chi connectivity index (χ0n) is 11.5. The quantitative estimate of drug-likeness (QED) is 0.799. The largest absolute Gasteiger partial charge is 0.369 e. The maximum absolute atomic E-state index is 11.8. The highest BCUT2D eigenvalue weighted by Gasteiger charge is 2.08. The Hall–Kier alpha value is -1.86. The van der Waals surface area contributed by atoms with Gasteiger partial charge in [0.25, 0.3) is 0 Å². The Labute approximate surface area is 131 Å². The lowest BCUT2D eigenvalue weighted by molar-refractivity contribution is -0.117. The van der Waals surface area contributed by atoms with Crippen LogP contribution in [0.5, 0.6) is 0 Å². The molecular weight excluding hydrogens is 306 g/mol. The molecular formula is C14H15N3O2S2. The predicted octanol–water partition coefficient (Wildman–Crippen LogP) is 2.21. The van der Waals surface area contributed by atoms with Crippen molar-refractivity contribution in [1.29, 1.82) is 0 Å². The van der Waals surface area contributed by atoms with Gasteiger partial charge in [0.05, 0.1) is 17.9 Å². The van der Waals surface area contributed by atoms with E-state index in [0.29, 0.717) is 5.69 Å². The van der Waals surface area contributed by atoms with E-state index < -0.39 is 5.91 Å². The molecule has 1 aromatic carbocycles. The number of carbonyl (C=O) groups is 2. The first-order valence-corrected chi connectivity index (χ1v) is 8.11. The maximum Gasteiger partial charge on any atom is 0.234 e. The minimum absolute atomic E-state index is 0.0875. The number of aromatic nitrogens is 1. The summed E-state index contributed by atoms with van der Waals surface area (Å²) in [4.78, 5) is 26.9. The third-order valence-corrected chi connectivity index (χ3v) is 4.62. The number of thioether (sulfide) groups is 1. The lowest BCUT2D eigenvalue weighted by Gasteiger charge is -2.04. The lowest BCUT2D eigenvalue weighted by Crippen LogP contribution is -2.14. The van der Waals surface area contributed by atoms with Gasteiger partial charge in [0.1, 0.15) is 0 Å². The second kappa shape index (κ2) is 7.24. The molecule has 21 heavy (non-hydrogen) atoms. The molecule has 0 spiro atoms. The summed E-state index contributed by atoms with van der Waals surface area (Å²) < 4.78 is 0.755. The monoisotopic (exact) mass is 321 g/mol.